The van der Waals surface area contributed by atoms with Gasteiger partial charge in [0.05, 0.1) is 7.11 Å². The number of likely N-dealkylation sites (tertiary alicyclic amines) is 1. The van der Waals surface area contributed by atoms with Gasteiger partial charge in [-0.25, -0.2) is 4.79 Å². The SMILES string of the molecule is COc1ccc(C(=O)C2CCN(C(=O)/C=C/C(=O)O)CC2)cc1. The van der Waals surface area contributed by atoms with Crippen molar-refractivity contribution in [2.45, 2.75) is 12.8 Å². The fourth-order valence-corrected chi connectivity index (χ4v) is 2.60. The van der Waals surface area contributed by atoms with Gasteiger partial charge in [0.2, 0.25) is 5.91 Å². The van der Waals surface area contributed by atoms with E-state index in [0.29, 0.717) is 37.2 Å². The number of carboxylic acids is 1. The lowest BCUT2D eigenvalue weighted by Gasteiger charge is -2.30. The molecule has 0 aliphatic carbocycles. The molecule has 1 aromatic rings. The molecule has 0 radical (unpaired) electrons. The van der Waals surface area contributed by atoms with Crippen molar-refractivity contribution in [2.75, 3.05) is 20.2 Å². The number of carbonyl (C=O) groups is 3. The minimum absolute atomic E-state index is 0.0702. The van der Waals surface area contributed by atoms with E-state index in [-0.39, 0.29) is 17.6 Å². The molecule has 0 atom stereocenters. The van der Waals surface area contributed by atoms with Crippen LogP contribution in [-0.4, -0.2) is 47.9 Å². The molecule has 23 heavy (non-hydrogen) atoms. The molecule has 1 heterocycles. The second-order valence-electron chi connectivity index (χ2n) is 5.36. The summed E-state index contributed by atoms with van der Waals surface area (Å²) in [6.45, 7) is 0.907. The van der Waals surface area contributed by atoms with Crippen LogP contribution in [0.3, 0.4) is 0 Å². The summed E-state index contributed by atoms with van der Waals surface area (Å²) >= 11 is 0. The average Bonchev–Trinajstić information content (AvgIpc) is 2.59. The Labute approximate surface area is 134 Å². The van der Waals surface area contributed by atoms with Gasteiger partial charge in [-0.1, -0.05) is 0 Å². The van der Waals surface area contributed by atoms with Gasteiger partial charge in [0.25, 0.3) is 0 Å². The first-order chi connectivity index (χ1) is 11.0. The van der Waals surface area contributed by atoms with Gasteiger partial charge < -0.3 is 14.7 Å². The molecule has 0 aromatic heterocycles. The molecule has 0 spiro atoms. The van der Waals surface area contributed by atoms with Gasteiger partial charge in [0.1, 0.15) is 5.75 Å². The maximum absolute atomic E-state index is 12.5. The first kappa shape index (κ1) is 16.7. The molecule has 1 aliphatic rings. The molecule has 6 nitrogen and oxygen atoms in total. The second-order valence-corrected chi connectivity index (χ2v) is 5.36. The van der Waals surface area contributed by atoms with Crippen molar-refractivity contribution < 1.29 is 24.2 Å². The Bertz CT molecular complexity index is 612. The number of piperidine rings is 1. The summed E-state index contributed by atoms with van der Waals surface area (Å²) in [6, 6.07) is 6.99. The van der Waals surface area contributed by atoms with Gasteiger partial charge in [-0.3, -0.25) is 9.59 Å². The van der Waals surface area contributed by atoms with Crippen LogP contribution in [0.5, 0.6) is 5.75 Å². The molecule has 0 saturated carbocycles. The second kappa shape index (κ2) is 7.58. The summed E-state index contributed by atoms with van der Waals surface area (Å²) < 4.78 is 5.07. The molecule has 1 aromatic carbocycles. The molecule has 2 rings (SSSR count). The summed E-state index contributed by atoms with van der Waals surface area (Å²) in [5.41, 5.74) is 0.640. The Morgan fingerprint density at radius 1 is 1.13 bits per heavy atom. The van der Waals surface area contributed by atoms with Crippen molar-refractivity contribution in [2.24, 2.45) is 5.92 Å². The van der Waals surface area contributed by atoms with Crippen molar-refractivity contribution in [3.05, 3.63) is 42.0 Å². The molecular weight excluding hydrogens is 298 g/mol. The minimum Gasteiger partial charge on any atom is -0.497 e. The van der Waals surface area contributed by atoms with Crippen molar-refractivity contribution in [3.63, 3.8) is 0 Å². The normalized spacial score (nSPS) is 15.6. The number of amides is 1. The molecule has 1 saturated heterocycles. The fourth-order valence-electron chi connectivity index (χ4n) is 2.60. The summed E-state index contributed by atoms with van der Waals surface area (Å²) in [6.07, 6.45) is 3.04. The third-order valence-electron chi connectivity index (χ3n) is 3.92. The van der Waals surface area contributed by atoms with Gasteiger partial charge in [-0.05, 0) is 37.1 Å². The zero-order valence-corrected chi connectivity index (χ0v) is 12.9. The van der Waals surface area contributed by atoms with E-state index >= 15 is 0 Å². The molecule has 0 unspecified atom stereocenters. The van der Waals surface area contributed by atoms with Gasteiger partial charge in [0, 0.05) is 36.7 Å². The number of carbonyl (C=O) groups excluding carboxylic acids is 2. The largest absolute Gasteiger partial charge is 0.497 e. The maximum atomic E-state index is 12.5. The number of hydrogen-bond acceptors (Lipinski definition) is 4. The zero-order valence-electron chi connectivity index (χ0n) is 12.9. The zero-order chi connectivity index (χ0) is 16.8. The Balaban J connectivity index is 1.91. The highest BCUT2D eigenvalue weighted by molar-refractivity contribution is 5.98. The van der Waals surface area contributed by atoms with Gasteiger partial charge in [0.15, 0.2) is 5.78 Å². The Kier molecular flexibility index (Phi) is 5.51. The van der Waals surface area contributed by atoms with Crippen LogP contribution in [0.15, 0.2) is 36.4 Å². The van der Waals surface area contributed by atoms with Crippen LogP contribution in [0.4, 0.5) is 0 Å². The summed E-state index contributed by atoms with van der Waals surface area (Å²) in [5, 5.41) is 8.53. The van der Waals surface area contributed by atoms with E-state index < -0.39 is 5.97 Å². The molecular formula is C17H19NO5. The predicted octanol–water partition coefficient (Wildman–Crippen LogP) is 1.76. The van der Waals surface area contributed by atoms with Gasteiger partial charge in [-0.2, -0.15) is 0 Å². The van der Waals surface area contributed by atoms with Crippen molar-refractivity contribution in [1.29, 1.82) is 0 Å². The molecule has 0 bridgehead atoms. The van der Waals surface area contributed by atoms with E-state index in [1.165, 1.54) is 0 Å². The molecule has 1 amide bonds. The molecule has 6 heteroatoms. The van der Waals surface area contributed by atoms with Crippen LogP contribution < -0.4 is 4.74 Å². The lowest BCUT2D eigenvalue weighted by Crippen LogP contribution is -2.39. The maximum Gasteiger partial charge on any atom is 0.328 e. The number of methoxy groups -OCH3 is 1. The van der Waals surface area contributed by atoms with Gasteiger partial charge >= 0.3 is 5.97 Å². The highest BCUT2D eigenvalue weighted by Gasteiger charge is 2.27. The number of aliphatic carboxylic acids is 1. The van der Waals surface area contributed by atoms with Crippen LogP contribution in [0.1, 0.15) is 23.2 Å². The van der Waals surface area contributed by atoms with E-state index in [0.717, 1.165) is 12.2 Å². The quantitative estimate of drug-likeness (QED) is 0.661. The number of benzene rings is 1. The Hall–Kier alpha value is -2.63. The van der Waals surface area contributed by atoms with Crippen LogP contribution in [0.25, 0.3) is 0 Å². The third-order valence-corrected chi connectivity index (χ3v) is 3.92. The highest BCUT2D eigenvalue weighted by Crippen LogP contribution is 2.23. The van der Waals surface area contributed by atoms with E-state index in [2.05, 4.69) is 0 Å². The number of Topliss-reactive ketones (excluding diaryl/α,β-unsaturated/α-hetero) is 1. The smallest absolute Gasteiger partial charge is 0.328 e. The molecule has 1 fully saturated rings. The van der Waals surface area contributed by atoms with Crippen LogP contribution >= 0.6 is 0 Å². The van der Waals surface area contributed by atoms with Gasteiger partial charge in [-0.15, -0.1) is 0 Å². The topological polar surface area (TPSA) is 83.9 Å². The third kappa shape index (κ3) is 4.42. The lowest BCUT2D eigenvalue weighted by atomic mass is 9.89. The predicted molar refractivity (Wildman–Crippen MR) is 83.4 cm³/mol. The number of carboxylic acid groups (broad SMARTS) is 1. The first-order valence-electron chi connectivity index (χ1n) is 7.39. The van der Waals surface area contributed by atoms with E-state index in [9.17, 15) is 14.4 Å². The Morgan fingerprint density at radius 3 is 2.26 bits per heavy atom. The van der Waals surface area contributed by atoms with Crippen molar-refractivity contribution >= 4 is 17.7 Å². The fraction of sp³-hybridized carbons (Fsp3) is 0.353. The summed E-state index contributed by atoms with van der Waals surface area (Å²) in [4.78, 5) is 36.2. The lowest BCUT2D eigenvalue weighted by molar-refractivity contribution is -0.132. The van der Waals surface area contributed by atoms with E-state index in [1.807, 2.05) is 0 Å². The van der Waals surface area contributed by atoms with Crippen molar-refractivity contribution in [3.8, 4) is 5.75 Å². The summed E-state index contributed by atoms with van der Waals surface area (Å²) in [5.74, 6) is -0.824. The first-order valence-corrected chi connectivity index (χ1v) is 7.39. The minimum atomic E-state index is -1.15. The molecule has 1 N–H and O–H groups in total. The number of ketones is 1. The van der Waals surface area contributed by atoms with E-state index in [4.69, 9.17) is 9.84 Å². The molecule has 1 aliphatic heterocycles. The van der Waals surface area contributed by atoms with Crippen molar-refractivity contribution in [1.82, 2.24) is 4.90 Å². The van der Waals surface area contributed by atoms with Crippen LogP contribution in [-0.2, 0) is 9.59 Å². The number of hydrogen-bond donors (Lipinski definition) is 1. The monoisotopic (exact) mass is 317 g/mol. The standard InChI is InChI=1S/C17H19NO5/c1-23-14-4-2-12(3-5-14)17(22)13-8-10-18(11-9-13)15(19)6-7-16(20)21/h2-7,13H,8-11H2,1H3,(H,20,21)/b7-6+. The Morgan fingerprint density at radius 2 is 1.74 bits per heavy atom. The van der Waals surface area contributed by atoms with Crippen LogP contribution in [0, 0.1) is 5.92 Å². The number of rotatable bonds is 5. The van der Waals surface area contributed by atoms with E-state index in [1.54, 1.807) is 36.3 Å². The number of ether oxygens (including phenoxy) is 1. The molecule has 122 valence electrons. The van der Waals surface area contributed by atoms with Crippen LogP contribution in [0.2, 0.25) is 0 Å². The average molecular weight is 317 g/mol. The number of nitrogens with zero attached hydrogens (tertiary/aromatic N) is 1. The summed E-state index contributed by atoms with van der Waals surface area (Å²) in [7, 11) is 1.57. The highest BCUT2D eigenvalue weighted by atomic mass is 16.5.